The zero-order chi connectivity index (χ0) is 17.2. The van der Waals surface area contributed by atoms with E-state index in [0.717, 1.165) is 45.6 Å². The van der Waals surface area contributed by atoms with Crippen molar-refractivity contribution < 1.29 is 9.26 Å². The maximum Gasteiger partial charge on any atom is 0.171 e. The summed E-state index contributed by atoms with van der Waals surface area (Å²) in [6.07, 6.45) is 2.48. The summed E-state index contributed by atoms with van der Waals surface area (Å²) in [5.41, 5.74) is 2.66. The molecule has 1 saturated heterocycles. The molecule has 4 rings (SSSR count). The number of likely N-dealkylation sites (tertiary alicyclic amines) is 1. The Bertz CT molecular complexity index is 860. The van der Waals surface area contributed by atoms with Crippen LogP contribution in [0.15, 0.2) is 51.5 Å². The second kappa shape index (κ2) is 7.18. The monoisotopic (exact) mass is 400 g/mol. The van der Waals surface area contributed by atoms with E-state index in [-0.39, 0.29) is 0 Å². The molecule has 1 aliphatic heterocycles. The van der Waals surface area contributed by atoms with Gasteiger partial charge in [0, 0.05) is 27.5 Å². The summed E-state index contributed by atoms with van der Waals surface area (Å²) in [6.45, 7) is 5.21. The van der Waals surface area contributed by atoms with Gasteiger partial charge in [-0.15, -0.1) is 0 Å². The summed E-state index contributed by atoms with van der Waals surface area (Å²) in [5, 5.41) is 5.25. The van der Waals surface area contributed by atoms with Gasteiger partial charge in [-0.1, -0.05) is 40.1 Å². The first-order valence-electron chi connectivity index (χ1n) is 8.77. The Labute approximate surface area is 155 Å². The first-order valence-corrected chi connectivity index (χ1v) is 9.56. The van der Waals surface area contributed by atoms with E-state index in [0.29, 0.717) is 6.04 Å². The topological polar surface area (TPSA) is 38.5 Å². The summed E-state index contributed by atoms with van der Waals surface area (Å²) < 4.78 is 12.6. The lowest BCUT2D eigenvalue weighted by Crippen LogP contribution is -2.33. The van der Waals surface area contributed by atoms with Crippen LogP contribution in [0.25, 0.3) is 22.2 Å². The van der Waals surface area contributed by atoms with Crippen molar-refractivity contribution in [2.45, 2.75) is 25.8 Å². The molecule has 4 nitrogen and oxygen atoms in total. The largest absolute Gasteiger partial charge is 0.492 e. The van der Waals surface area contributed by atoms with E-state index < -0.39 is 0 Å². The number of rotatable bonds is 5. The van der Waals surface area contributed by atoms with Crippen LogP contribution in [-0.4, -0.2) is 35.8 Å². The van der Waals surface area contributed by atoms with Crippen LogP contribution in [0.3, 0.4) is 0 Å². The molecule has 2 heterocycles. The minimum atomic E-state index is 0.522. The fourth-order valence-electron chi connectivity index (χ4n) is 3.52. The maximum absolute atomic E-state index is 6.03. The highest BCUT2D eigenvalue weighted by molar-refractivity contribution is 9.10. The highest BCUT2D eigenvalue weighted by atomic mass is 79.9. The molecular formula is C20H21BrN2O2. The fourth-order valence-corrected chi connectivity index (χ4v) is 3.78. The third kappa shape index (κ3) is 3.44. The second-order valence-electron chi connectivity index (χ2n) is 6.43. The lowest BCUT2D eigenvalue weighted by Gasteiger charge is -2.22. The second-order valence-corrected chi connectivity index (χ2v) is 7.35. The standard InChI is InChI=1S/C20H21BrN2O2/c1-2-23-11-3-4-16(23)13-24-17-9-10-18-19(12-17)25-22-20(18)14-5-7-15(21)8-6-14/h5-10,12,16H,2-4,11,13H2,1H3. The molecule has 2 aromatic carbocycles. The van der Waals surface area contributed by atoms with Gasteiger partial charge in [-0.2, -0.15) is 0 Å². The van der Waals surface area contributed by atoms with Crippen molar-refractivity contribution in [3.05, 3.63) is 46.9 Å². The van der Waals surface area contributed by atoms with Gasteiger partial charge in [-0.25, -0.2) is 0 Å². The third-order valence-electron chi connectivity index (χ3n) is 4.91. The molecule has 0 radical (unpaired) electrons. The molecule has 0 saturated carbocycles. The van der Waals surface area contributed by atoms with Gasteiger partial charge in [0.1, 0.15) is 18.1 Å². The summed E-state index contributed by atoms with van der Waals surface area (Å²) in [4.78, 5) is 2.48. The average Bonchev–Trinajstić information content (AvgIpc) is 3.26. The first-order chi connectivity index (χ1) is 12.2. The van der Waals surface area contributed by atoms with Gasteiger partial charge < -0.3 is 9.26 Å². The van der Waals surface area contributed by atoms with Crippen molar-refractivity contribution in [2.75, 3.05) is 19.7 Å². The number of aromatic nitrogens is 1. The minimum Gasteiger partial charge on any atom is -0.492 e. The lowest BCUT2D eigenvalue weighted by atomic mass is 10.1. The molecular weight excluding hydrogens is 380 g/mol. The van der Waals surface area contributed by atoms with E-state index in [1.807, 2.05) is 42.5 Å². The number of ether oxygens (including phenoxy) is 1. The van der Waals surface area contributed by atoms with Gasteiger partial charge >= 0.3 is 0 Å². The Hall–Kier alpha value is -1.85. The maximum atomic E-state index is 6.03. The molecule has 130 valence electrons. The van der Waals surface area contributed by atoms with E-state index in [1.165, 1.54) is 19.4 Å². The number of benzene rings is 2. The smallest absolute Gasteiger partial charge is 0.171 e. The highest BCUT2D eigenvalue weighted by Crippen LogP contribution is 2.31. The van der Waals surface area contributed by atoms with Crippen molar-refractivity contribution >= 4 is 26.9 Å². The van der Waals surface area contributed by atoms with Gasteiger partial charge in [-0.05, 0) is 50.2 Å². The average molecular weight is 401 g/mol. The summed E-state index contributed by atoms with van der Waals surface area (Å²) in [7, 11) is 0. The van der Waals surface area contributed by atoms with E-state index >= 15 is 0 Å². The zero-order valence-electron chi connectivity index (χ0n) is 14.2. The normalized spacial score (nSPS) is 18.1. The predicted octanol–water partition coefficient (Wildman–Crippen LogP) is 5.12. The minimum absolute atomic E-state index is 0.522. The van der Waals surface area contributed by atoms with Crippen LogP contribution in [0.2, 0.25) is 0 Å². The number of nitrogens with zero attached hydrogens (tertiary/aromatic N) is 2. The van der Waals surface area contributed by atoms with Gasteiger partial charge in [0.15, 0.2) is 5.58 Å². The van der Waals surface area contributed by atoms with Crippen LogP contribution >= 0.6 is 15.9 Å². The molecule has 1 aromatic heterocycles. The van der Waals surface area contributed by atoms with E-state index in [2.05, 4.69) is 32.9 Å². The molecule has 0 N–H and O–H groups in total. The molecule has 1 atom stereocenters. The molecule has 0 spiro atoms. The predicted molar refractivity (Wildman–Crippen MR) is 103 cm³/mol. The van der Waals surface area contributed by atoms with Crippen molar-refractivity contribution in [3.63, 3.8) is 0 Å². The van der Waals surface area contributed by atoms with Crippen molar-refractivity contribution in [3.8, 4) is 17.0 Å². The zero-order valence-corrected chi connectivity index (χ0v) is 15.8. The number of halogens is 1. The number of hydrogen-bond acceptors (Lipinski definition) is 4. The Morgan fingerprint density at radius 1 is 1.24 bits per heavy atom. The Kier molecular flexibility index (Phi) is 4.77. The van der Waals surface area contributed by atoms with Gasteiger partial charge in [-0.3, -0.25) is 4.90 Å². The fraction of sp³-hybridized carbons (Fsp3) is 0.350. The van der Waals surface area contributed by atoms with E-state index in [1.54, 1.807) is 0 Å². The summed E-state index contributed by atoms with van der Waals surface area (Å²) in [5.74, 6) is 0.842. The number of hydrogen-bond donors (Lipinski definition) is 0. The Morgan fingerprint density at radius 3 is 2.88 bits per heavy atom. The van der Waals surface area contributed by atoms with Crippen LogP contribution < -0.4 is 4.74 Å². The van der Waals surface area contributed by atoms with Crippen LogP contribution in [0.5, 0.6) is 5.75 Å². The Morgan fingerprint density at radius 2 is 2.08 bits per heavy atom. The molecule has 0 amide bonds. The van der Waals surface area contributed by atoms with Crippen molar-refractivity contribution in [1.82, 2.24) is 10.1 Å². The highest BCUT2D eigenvalue weighted by Gasteiger charge is 2.23. The third-order valence-corrected chi connectivity index (χ3v) is 5.44. The van der Waals surface area contributed by atoms with Crippen LogP contribution in [0.4, 0.5) is 0 Å². The van der Waals surface area contributed by atoms with Crippen LogP contribution in [-0.2, 0) is 0 Å². The quantitative estimate of drug-likeness (QED) is 0.595. The molecule has 3 aromatic rings. The number of likely N-dealkylation sites (N-methyl/N-ethyl adjacent to an activating group) is 1. The SMILES string of the molecule is CCN1CCCC1COc1ccc2c(-c3ccc(Br)cc3)noc2c1. The molecule has 1 fully saturated rings. The molecule has 0 bridgehead atoms. The van der Waals surface area contributed by atoms with Crippen molar-refractivity contribution in [1.29, 1.82) is 0 Å². The summed E-state index contributed by atoms with van der Waals surface area (Å²) >= 11 is 3.46. The van der Waals surface area contributed by atoms with Crippen molar-refractivity contribution in [2.24, 2.45) is 0 Å². The van der Waals surface area contributed by atoms with Gasteiger partial charge in [0.05, 0.1) is 0 Å². The summed E-state index contributed by atoms with van der Waals surface area (Å²) in [6, 6.07) is 14.6. The molecule has 0 aliphatic carbocycles. The van der Waals surface area contributed by atoms with Crippen LogP contribution in [0, 0.1) is 0 Å². The lowest BCUT2D eigenvalue weighted by molar-refractivity contribution is 0.179. The molecule has 5 heteroatoms. The first kappa shape index (κ1) is 16.6. The van der Waals surface area contributed by atoms with Crippen LogP contribution in [0.1, 0.15) is 19.8 Å². The Balaban J connectivity index is 1.52. The number of fused-ring (bicyclic) bond motifs is 1. The molecule has 1 unspecified atom stereocenters. The van der Waals surface area contributed by atoms with E-state index in [9.17, 15) is 0 Å². The van der Waals surface area contributed by atoms with Gasteiger partial charge in [0.25, 0.3) is 0 Å². The van der Waals surface area contributed by atoms with E-state index in [4.69, 9.17) is 9.26 Å². The van der Waals surface area contributed by atoms with Gasteiger partial charge in [0.2, 0.25) is 0 Å². The molecule has 1 aliphatic rings. The molecule has 25 heavy (non-hydrogen) atoms.